The van der Waals surface area contributed by atoms with E-state index >= 15 is 0 Å². The highest BCUT2D eigenvalue weighted by atomic mass is 35.5. The Morgan fingerprint density at radius 1 is 1.21 bits per heavy atom. The van der Waals surface area contributed by atoms with Gasteiger partial charge in [0.05, 0.1) is 17.1 Å². The van der Waals surface area contributed by atoms with Crippen LogP contribution in [0.25, 0.3) is 10.8 Å². The van der Waals surface area contributed by atoms with E-state index in [1.54, 1.807) is 25.1 Å². The zero-order valence-corrected chi connectivity index (χ0v) is 21.6. The molecule has 4 rings (SSSR count). The zero-order chi connectivity index (χ0) is 24.0. The molecule has 0 fully saturated rings. The number of hydrogen-bond donors (Lipinski definition) is 1. The van der Waals surface area contributed by atoms with Crippen LogP contribution < -0.4 is 4.72 Å². The maximum Gasteiger partial charge on any atom is 0.341 e. The van der Waals surface area contributed by atoms with E-state index in [1.807, 2.05) is 12.1 Å². The molecule has 33 heavy (non-hydrogen) atoms. The molecule has 1 aliphatic rings. The quantitative estimate of drug-likeness (QED) is 0.392. The molecule has 1 N–H and O–H groups in total. The van der Waals surface area contributed by atoms with Crippen LogP contribution in [0.15, 0.2) is 41.3 Å². The first kappa shape index (κ1) is 24.0. The fraction of sp³-hybridized carbons (Fsp3) is 0.400. The van der Waals surface area contributed by atoms with E-state index in [-0.39, 0.29) is 16.9 Å². The van der Waals surface area contributed by atoms with Gasteiger partial charge in [-0.05, 0) is 60.6 Å². The molecular formula is C25H28ClNO4S2. The van der Waals surface area contributed by atoms with Gasteiger partial charge in [0.2, 0.25) is 0 Å². The number of halogens is 1. The Labute approximate surface area is 204 Å². The molecule has 1 aliphatic carbocycles. The average Bonchev–Trinajstić information content (AvgIpc) is 3.09. The minimum Gasteiger partial charge on any atom is -0.462 e. The van der Waals surface area contributed by atoms with Gasteiger partial charge in [0.15, 0.2) is 0 Å². The van der Waals surface area contributed by atoms with E-state index in [0.717, 1.165) is 35.1 Å². The van der Waals surface area contributed by atoms with Crippen molar-refractivity contribution in [3.05, 3.63) is 57.4 Å². The number of rotatable bonds is 5. The van der Waals surface area contributed by atoms with Crippen molar-refractivity contribution in [2.45, 2.75) is 51.9 Å². The van der Waals surface area contributed by atoms with Crippen LogP contribution in [0.4, 0.5) is 5.00 Å². The maximum atomic E-state index is 13.5. The van der Waals surface area contributed by atoms with Gasteiger partial charge in [0.25, 0.3) is 10.0 Å². The van der Waals surface area contributed by atoms with E-state index in [2.05, 4.69) is 25.5 Å². The Bertz CT molecular complexity index is 1320. The zero-order valence-electron chi connectivity index (χ0n) is 19.2. The van der Waals surface area contributed by atoms with Crippen LogP contribution in [0.3, 0.4) is 0 Å². The molecule has 0 bridgehead atoms. The Hall–Kier alpha value is -2.09. The summed E-state index contributed by atoms with van der Waals surface area (Å²) in [5, 5.41) is 1.87. The SMILES string of the molecule is CCOC(=O)c1c(NS(=O)(=O)c2cccc3cccc(Cl)c23)sc2c1CC[C@@H](C(C)(C)C)C2. The molecule has 176 valence electrons. The molecule has 0 radical (unpaired) electrons. The van der Waals surface area contributed by atoms with Gasteiger partial charge in [-0.25, -0.2) is 13.2 Å². The Morgan fingerprint density at radius 3 is 2.58 bits per heavy atom. The summed E-state index contributed by atoms with van der Waals surface area (Å²) in [5.41, 5.74) is 1.39. The van der Waals surface area contributed by atoms with Gasteiger partial charge in [0.1, 0.15) is 5.00 Å². The number of hydrogen-bond acceptors (Lipinski definition) is 5. The lowest BCUT2D eigenvalue weighted by Gasteiger charge is -2.33. The number of carbonyl (C=O) groups excluding carboxylic acids is 1. The summed E-state index contributed by atoms with van der Waals surface area (Å²) in [6, 6.07) is 10.3. The molecule has 0 aliphatic heterocycles. The van der Waals surface area contributed by atoms with Gasteiger partial charge in [0, 0.05) is 15.3 Å². The summed E-state index contributed by atoms with van der Waals surface area (Å²) in [5.74, 6) is -0.0297. The average molecular weight is 506 g/mol. The van der Waals surface area contributed by atoms with Crippen LogP contribution in [0.5, 0.6) is 0 Å². The number of sulfonamides is 1. The molecule has 1 aromatic heterocycles. The van der Waals surface area contributed by atoms with Crippen molar-refractivity contribution < 1.29 is 17.9 Å². The molecule has 0 unspecified atom stereocenters. The molecule has 5 nitrogen and oxygen atoms in total. The molecule has 1 atom stereocenters. The summed E-state index contributed by atoms with van der Waals surface area (Å²) in [6.45, 7) is 8.62. The summed E-state index contributed by atoms with van der Waals surface area (Å²) in [6.07, 6.45) is 2.49. The third-order valence-corrected chi connectivity index (χ3v) is 9.31. The number of anilines is 1. The second-order valence-corrected chi connectivity index (χ2v) is 12.6. The topological polar surface area (TPSA) is 72.5 Å². The minimum atomic E-state index is -4.01. The first-order valence-electron chi connectivity index (χ1n) is 11.0. The predicted octanol–water partition coefficient (Wildman–Crippen LogP) is 6.68. The largest absolute Gasteiger partial charge is 0.462 e. The summed E-state index contributed by atoms with van der Waals surface area (Å²) in [7, 11) is -4.01. The van der Waals surface area contributed by atoms with E-state index in [0.29, 0.717) is 26.9 Å². The van der Waals surface area contributed by atoms with Crippen LogP contribution in [-0.2, 0) is 27.6 Å². The van der Waals surface area contributed by atoms with Crippen molar-refractivity contribution in [3.8, 4) is 0 Å². The number of carbonyl (C=O) groups is 1. The van der Waals surface area contributed by atoms with Crippen LogP contribution in [0.2, 0.25) is 5.02 Å². The number of fused-ring (bicyclic) bond motifs is 2. The second kappa shape index (κ2) is 8.93. The van der Waals surface area contributed by atoms with Gasteiger partial charge in [-0.2, -0.15) is 0 Å². The summed E-state index contributed by atoms with van der Waals surface area (Å²) >= 11 is 7.71. The number of benzene rings is 2. The van der Waals surface area contributed by atoms with Crippen molar-refractivity contribution in [1.82, 2.24) is 0 Å². The lowest BCUT2D eigenvalue weighted by Crippen LogP contribution is -2.26. The van der Waals surface area contributed by atoms with Gasteiger partial charge < -0.3 is 4.74 Å². The Morgan fingerprint density at radius 2 is 1.91 bits per heavy atom. The van der Waals surface area contributed by atoms with Gasteiger partial charge in [-0.3, -0.25) is 4.72 Å². The molecule has 0 spiro atoms. The first-order valence-corrected chi connectivity index (χ1v) is 13.7. The Kier molecular flexibility index (Phi) is 6.51. The number of esters is 1. The molecule has 2 aromatic carbocycles. The fourth-order valence-electron chi connectivity index (χ4n) is 4.48. The summed E-state index contributed by atoms with van der Waals surface area (Å²) in [4.78, 5) is 14.0. The van der Waals surface area contributed by atoms with Crippen molar-refractivity contribution >= 4 is 54.7 Å². The van der Waals surface area contributed by atoms with Crippen LogP contribution >= 0.6 is 22.9 Å². The minimum absolute atomic E-state index is 0.0827. The number of ether oxygens (including phenoxy) is 1. The highest BCUT2D eigenvalue weighted by Gasteiger charge is 2.35. The molecule has 1 heterocycles. The maximum absolute atomic E-state index is 13.5. The lowest BCUT2D eigenvalue weighted by molar-refractivity contribution is 0.0526. The van der Waals surface area contributed by atoms with E-state index < -0.39 is 16.0 Å². The molecule has 0 amide bonds. The molecule has 3 aromatic rings. The highest BCUT2D eigenvalue weighted by molar-refractivity contribution is 7.93. The molecule has 0 saturated carbocycles. The molecular weight excluding hydrogens is 478 g/mol. The van der Waals surface area contributed by atoms with Crippen LogP contribution in [-0.4, -0.2) is 21.0 Å². The number of nitrogens with one attached hydrogen (secondary N) is 1. The third-order valence-electron chi connectivity index (χ3n) is 6.30. The number of thiophene rings is 1. The monoisotopic (exact) mass is 505 g/mol. The van der Waals surface area contributed by atoms with Crippen LogP contribution in [0, 0.1) is 11.3 Å². The smallest absolute Gasteiger partial charge is 0.341 e. The van der Waals surface area contributed by atoms with E-state index in [9.17, 15) is 13.2 Å². The molecule has 0 saturated heterocycles. The van der Waals surface area contributed by atoms with Gasteiger partial charge >= 0.3 is 5.97 Å². The van der Waals surface area contributed by atoms with E-state index in [4.69, 9.17) is 16.3 Å². The van der Waals surface area contributed by atoms with Gasteiger partial charge in [-0.15, -0.1) is 11.3 Å². The van der Waals surface area contributed by atoms with Crippen molar-refractivity contribution in [3.63, 3.8) is 0 Å². The summed E-state index contributed by atoms with van der Waals surface area (Å²) < 4.78 is 35.1. The van der Waals surface area contributed by atoms with Crippen molar-refractivity contribution in [1.29, 1.82) is 0 Å². The normalized spacial score (nSPS) is 16.5. The second-order valence-electron chi connectivity index (χ2n) is 9.43. The lowest BCUT2D eigenvalue weighted by atomic mass is 9.72. The Balaban J connectivity index is 1.80. The van der Waals surface area contributed by atoms with Crippen molar-refractivity contribution in [2.75, 3.05) is 11.3 Å². The van der Waals surface area contributed by atoms with Gasteiger partial charge in [-0.1, -0.05) is 56.6 Å². The third kappa shape index (κ3) is 4.63. The van der Waals surface area contributed by atoms with E-state index in [1.165, 1.54) is 17.4 Å². The predicted molar refractivity (Wildman–Crippen MR) is 135 cm³/mol. The highest BCUT2D eigenvalue weighted by Crippen LogP contribution is 2.45. The van der Waals surface area contributed by atoms with Crippen molar-refractivity contribution in [2.24, 2.45) is 11.3 Å². The standard InChI is InChI=1S/C25H28ClNO4S2/c1-5-31-24(28)22-17-13-12-16(25(2,3)4)14-19(17)32-23(22)27-33(29,30)20-11-7-9-15-8-6-10-18(26)21(15)20/h6-11,16,27H,5,12-14H2,1-4H3/t16-/m1/s1. The molecule has 8 heteroatoms. The first-order chi connectivity index (χ1) is 15.5. The van der Waals surface area contributed by atoms with Crippen LogP contribution in [0.1, 0.15) is 54.9 Å². The fourth-order valence-corrected chi connectivity index (χ4v) is 7.69.